The zero-order chi connectivity index (χ0) is 15.5. The lowest BCUT2D eigenvalue weighted by atomic mass is 10.1. The van der Waals surface area contributed by atoms with Gasteiger partial charge in [0.25, 0.3) is 0 Å². The molecule has 3 nitrogen and oxygen atoms in total. The van der Waals surface area contributed by atoms with Gasteiger partial charge in [0.15, 0.2) is 0 Å². The maximum atomic E-state index is 9.46. The van der Waals surface area contributed by atoms with Crippen LogP contribution in [0.4, 0.5) is 5.69 Å². The van der Waals surface area contributed by atoms with Gasteiger partial charge in [0.2, 0.25) is 0 Å². The molecule has 1 aromatic rings. The van der Waals surface area contributed by atoms with Crippen LogP contribution in [0.2, 0.25) is 0 Å². The van der Waals surface area contributed by atoms with E-state index in [0.29, 0.717) is 0 Å². The number of hydrogen-bond acceptors (Lipinski definition) is 3. The largest absolute Gasteiger partial charge is 0.370 e. The molecule has 1 unspecified atom stereocenters. The average molecular weight is 285 g/mol. The summed E-state index contributed by atoms with van der Waals surface area (Å²) in [5.74, 6) is 0.777. The highest BCUT2D eigenvalue weighted by Crippen LogP contribution is 2.28. The quantitative estimate of drug-likeness (QED) is 0.917. The lowest BCUT2D eigenvalue weighted by molar-refractivity contribution is 0.424. The fourth-order valence-electron chi connectivity index (χ4n) is 2.81. The van der Waals surface area contributed by atoms with Gasteiger partial charge in [-0.3, -0.25) is 0 Å². The van der Waals surface area contributed by atoms with Gasteiger partial charge in [-0.15, -0.1) is 0 Å². The second kappa shape index (κ2) is 6.49. The third-order valence-corrected chi connectivity index (χ3v) is 4.21. The number of benzene rings is 1. The van der Waals surface area contributed by atoms with Crippen molar-refractivity contribution in [3.63, 3.8) is 0 Å². The summed E-state index contributed by atoms with van der Waals surface area (Å²) < 4.78 is 0. The van der Waals surface area contributed by atoms with E-state index in [0.717, 1.165) is 36.8 Å². The first-order valence-electron chi connectivity index (χ1n) is 7.96. The molecule has 21 heavy (non-hydrogen) atoms. The molecule has 1 aromatic carbocycles. The van der Waals surface area contributed by atoms with Crippen LogP contribution < -0.4 is 10.2 Å². The number of hydrogen-bond donors (Lipinski definition) is 1. The van der Waals surface area contributed by atoms with E-state index >= 15 is 0 Å². The molecule has 1 aliphatic rings. The van der Waals surface area contributed by atoms with Gasteiger partial charge in [0.05, 0.1) is 11.3 Å². The Hall–Kier alpha value is -1.53. The van der Waals surface area contributed by atoms with Crippen molar-refractivity contribution in [1.82, 2.24) is 5.32 Å². The van der Waals surface area contributed by atoms with E-state index < -0.39 is 0 Å². The number of nitriles is 1. The van der Waals surface area contributed by atoms with Gasteiger partial charge in [-0.25, -0.2) is 0 Å². The molecule has 1 aliphatic heterocycles. The molecule has 0 amide bonds. The molecular formula is C18H27N3. The summed E-state index contributed by atoms with van der Waals surface area (Å²) in [5, 5.41) is 12.9. The Labute approximate surface area is 129 Å². The summed E-state index contributed by atoms with van der Waals surface area (Å²) in [5.41, 5.74) is 3.18. The Morgan fingerprint density at radius 1 is 1.38 bits per heavy atom. The average Bonchev–Trinajstić information content (AvgIpc) is 2.92. The van der Waals surface area contributed by atoms with E-state index in [-0.39, 0.29) is 5.54 Å². The smallest absolute Gasteiger partial charge is 0.101 e. The van der Waals surface area contributed by atoms with Gasteiger partial charge in [-0.1, -0.05) is 19.4 Å². The standard InChI is InChI=1S/C18H27N3/c1-5-14-8-9-21(13-14)17-7-6-15(10-16(17)11-19)12-20-18(2,3)4/h6-7,10,14,20H,5,8-9,12-13H2,1-4H3. The normalized spacial score (nSPS) is 18.8. The highest BCUT2D eigenvalue weighted by molar-refractivity contribution is 5.61. The molecule has 1 atom stereocenters. The first kappa shape index (κ1) is 15.9. The highest BCUT2D eigenvalue weighted by atomic mass is 15.2. The van der Waals surface area contributed by atoms with Gasteiger partial charge in [0, 0.05) is 25.2 Å². The number of rotatable bonds is 4. The van der Waals surface area contributed by atoms with Gasteiger partial charge >= 0.3 is 0 Å². The second-order valence-corrected chi connectivity index (χ2v) is 7.08. The molecule has 3 heteroatoms. The molecule has 0 aromatic heterocycles. The Morgan fingerprint density at radius 3 is 2.71 bits per heavy atom. The van der Waals surface area contributed by atoms with Gasteiger partial charge in [0.1, 0.15) is 6.07 Å². The molecule has 0 aliphatic carbocycles. The summed E-state index contributed by atoms with van der Waals surface area (Å²) in [6.07, 6.45) is 2.47. The lowest BCUT2D eigenvalue weighted by Gasteiger charge is -2.22. The van der Waals surface area contributed by atoms with Crippen LogP contribution in [0.1, 0.15) is 51.7 Å². The second-order valence-electron chi connectivity index (χ2n) is 7.08. The van der Waals surface area contributed by atoms with Crippen LogP contribution in [0.25, 0.3) is 0 Å². The molecule has 0 bridgehead atoms. The predicted molar refractivity (Wildman–Crippen MR) is 88.4 cm³/mol. The fraction of sp³-hybridized carbons (Fsp3) is 0.611. The van der Waals surface area contributed by atoms with Gasteiger partial charge in [-0.2, -0.15) is 5.26 Å². The Bertz CT molecular complexity index is 522. The summed E-state index contributed by atoms with van der Waals surface area (Å²) in [4.78, 5) is 2.37. The fourth-order valence-corrected chi connectivity index (χ4v) is 2.81. The molecule has 1 saturated heterocycles. The minimum atomic E-state index is 0.0920. The van der Waals surface area contributed by atoms with E-state index in [1.165, 1.54) is 18.4 Å². The van der Waals surface area contributed by atoms with Crippen molar-refractivity contribution >= 4 is 5.69 Å². The van der Waals surface area contributed by atoms with E-state index in [1.807, 2.05) is 6.07 Å². The van der Waals surface area contributed by atoms with Crippen LogP contribution in [-0.4, -0.2) is 18.6 Å². The summed E-state index contributed by atoms with van der Waals surface area (Å²) in [7, 11) is 0. The van der Waals surface area contributed by atoms with E-state index in [4.69, 9.17) is 0 Å². The number of anilines is 1. The Kier molecular flexibility index (Phi) is 4.90. The lowest BCUT2D eigenvalue weighted by Crippen LogP contribution is -2.35. The van der Waals surface area contributed by atoms with E-state index in [9.17, 15) is 5.26 Å². The minimum absolute atomic E-state index is 0.0920. The molecular weight excluding hydrogens is 258 g/mol. The van der Waals surface area contributed by atoms with Crippen LogP contribution in [0, 0.1) is 17.2 Å². The van der Waals surface area contributed by atoms with Crippen molar-refractivity contribution in [2.75, 3.05) is 18.0 Å². The number of nitrogens with one attached hydrogen (secondary N) is 1. The third kappa shape index (κ3) is 4.22. The maximum Gasteiger partial charge on any atom is 0.101 e. The van der Waals surface area contributed by atoms with Crippen molar-refractivity contribution in [2.45, 2.75) is 52.6 Å². The van der Waals surface area contributed by atoms with Crippen molar-refractivity contribution in [3.8, 4) is 6.07 Å². The molecule has 2 rings (SSSR count). The van der Waals surface area contributed by atoms with Gasteiger partial charge < -0.3 is 10.2 Å². The monoisotopic (exact) mass is 285 g/mol. The van der Waals surface area contributed by atoms with Crippen LogP contribution in [0.3, 0.4) is 0 Å². The summed E-state index contributed by atoms with van der Waals surface area (Å²) in [6, 6.07) is 8.68. The number of nitrogens with zero attached hydrogens (tertiary/aromatic N) is 2. The topological polar surface area (TPSA) is 39.1 Å². The van der Waals surface area contributed by atoms with Crippen molar-refractivity contribution in [2.24, 2.45) is 5.92 Å². The molecule has 1 N–H and O–H groups in total. The van der Waals surface area contributed by atoms with Crippen LogP contribution in [0.5, 0.6) is 0 Å². The molecule has 1 fully saturated rings. The predicted octanol–water partition coefficient (Wildman–Crippen LogP) is 3.68. The van der Waals surface area contributed by atoms with E-state index in [2.05, 4.69) is 56.1 Å². The minimum Gasteiger partial charge on any atom is -0.370 e. The Balaban J connectivity index is 2.12. The molecule has 0 spiro atoms. The van der Waals surface area contributed by atoms with Crippen molar-refractivity contribution in [3.05, 3.63) is 29.3 Å². The van der Waals surface area contributed by atoms with Crippen molar-refractivity contribution < 1.29 is 0 Å². The molecule has 0 radical (unpaired) electrons. The van der Waals surface area contributed by atoms with Crippen LogP contribution >= 0.6 is 0 Å². The summed E-state index contributed by atoms with van der Waals surface area (Å²) in [6.45, 7) is 11.7. The molecule has 114 valence electrons. The van der Waals surface area contributed by atoms with Crippen LogP contribution in [0.15, 0.2) is 18.2 Å². The Morgan fingerprint density at radius 2 is 2.14 bits per heavy atom. The first-order chi connectivity index (χ1) is 9.93. The van der Waals surface area contributed by atoms with Crippen LogP contribution in [-0.2, 0) is 6.54 Å². The summed E-state index contributed by atoms with van der Waals surface area (Å²) >= 11 is 0. The molecule has 1 heterocycles. The zero-order valence-corrected chi connectivity index (χ0v) is 13.7. The third-order valence-electron chi connectivity index (χ3n) is 4.21. The maximum absolute atomic E-state index is 9.46. The highest BCUT2D eigenvalue weighted by Gasteiger charge is 2.23. The van der Waals surface area contributed by atoms with Crippen molar-refractivity contribution in [1.29, 1.82) is 5.26 Å². The SMILES string of the molecule is CCC1CCN(c2ccc(CNC(C)(C)C)cc2C#N)C1. The molecule has 0 saturated carbocycles. The van der Waals surface area contributed by atoms with Gasteiger partial charge in [-0.05, 0) is 50.8 Å². The van der Waals surface area contributed by atoms with E-state index in [1.54, 1.807) is 0 Å². The zero-order valence-electron chi connectivity index (χ0n) is 13.7. The first-order valence-corrected chi connectivity index (χ1v) is 7.96.